The predicted molar refractivity (Wildman–Crippen MR) is 83.3 cm³/mol. The molecule has 0 heterocycles. The number of amides is 2. The van der Waals surface area contributed by atoms with E-state index in [0.29, 0.717) is 19.5 Å². The standard InChI is InChI=1S/C16H26N2O3/c1-16(2,12-19)9-5-10-17-15(21)18-11-8-13-6-3-4-7-14(13)20/h3-4,6-7,19-20H,5,8-12H2,1-2H3,(H2,17,18,21). The minimum Gasteiger partial charge on any atom is -0.508 e. The van der Waals surface area contributed by atoms with Crippen LogP contribution in [0.3, 0.4) is 0 Å². The quantitative estimate of drug-likeness (QED) is 0.554. The second-order valence-electron chi connectivity index (χ2n) is 5.99. The maximum Gasteiger partial charge on any atom is 0.314 e. The van der Waals surface area contributed by atoms with Crippen molar-refractivity contribution in [3.63, 3.8) is 0 Å². The van der Waals surface area contributed by atoms with Crippen molar-refractivity contribution in [1.29, 1.82) is 0 Å². The lowest BCUT2D eigenvalue weighted by atomic mass is 9.89. The Labute approximate surface area is 126 Å². The lowest BCUT2D eigenvalue weighted by Gasteiger charge is -2.21. The number of benzene rings is 1. The highest BCUT2D eigenvalue weighted by molar-refractivity contribution is 5.73. The molecular formula is C16H26N2O3. The van der Waals surface area contributed by atoms with Gasteiger partial charge in [-0.1, -0.05) is 32.0 Å². The van der Waals surface area contributed by atoms with Crippen molar-refractivity contribution in [2.24, 2.45) is 5.41 Å². The molecule has 0 aliphatic heterocycles. The number of aromatic hydroxyl groups is 1. The number of phenolic OH excluding ortho intramolecular Hbond substituents is 1. The number of carbonyl (C=O) groups excluding carboxylic acids is 1. The number of aliphatic hydroxyl groups excluding tert-OH is 1. The molecule has 0 saturated heterocycles. The van der Waals surface area contributed by atoms with Crippen molar-refractivity contribution in [2.45, 2.75) is 33.1 Å². The molecule has 0 unspecified atom stereocenters. The van der Waals surface area contributed by atoms with Gasteiger partial charge in [0.05, 0.1) is 0 Å². The van der Waals surface area contributed by atoms with E-state index in [2.05, 4.69) is 10.6 Å². The number of nitrogens with one attached hydrogen (secondary N) is 2. The molecule has 5 heteroatoms. The van der Waals surface area contributed by atoms with Gasteiger partial charge >= 0.3 is 6.03 Å². The van der Waals surface area contributed by atoms with Crippen LogP contribution in [0.4, 0.5) is 4.79 Å². The van der Waals surface area contributed by atoms with Gasteiger partial charge in [0.2, 0.25) is 0 Å². The summed E-state index contributed by atoms with van der Waals surface area (Å²) in [5, 5.41) is 24.3. The third kappa shape index (κ3) is 6.99. The molecule has 0 radical (unpaired) electrons. The van der Waals surface area contributed by atoms with Crippen LogP contribution in [-0.4, -0.2) is 35.9 Å². The van der Waals surface area contributed by atoms with Crippen molar-refractivity contribution in [1.82, 2.24) is 10.6 Å². The van der Waals surface area contributed by atoms with Gasteiger partial charge < -0.3 is 20.8 Å². The summed E-state index contributed by atoms with van der Waals surface area (Å²) < 4.78 is 0. The van der Waals surface area contributed by atoms with Gasteiger partial charge in [-0.2, -0.15) is 0 Å². The van der Waals surface area contributed by atoms with Crippen molar-refractivity contribution < 1.29 is 15.0 Å². The van der Waals surface area contributed by atoms with Crippen molar-refractivity contribution in [2.75, 3.05) is 19.7 Å². The van der Waals surface area contributed by atoms with E-state index in [-0.39, 0.29) is 23.8 Å². The third-order valence-electron chi connectivity index (χ3n) is 3.42. The Kier molecular flexibility index (Phi) is 7.02. The average molecular weight is 294 g/mol. The van der Waals surface area contributed by atoms with Gasteiger partial charge in [0, 0.05) is 19.7 Å². The van der Waals surface area contributed by atoms with Crippen LogP contribution in [0.15, 0.2) is 24.3 Å². The summed E-state index contributed by atoms with van der Waals surface area (Å²) in [6.07, 6.45) is 2.29. The van der Waals surface area contributed by atoms with E-state index in [9.17, 15) is 9.90 Å². The van der Waals surface area contributed by atoms with Crippen molar-refractivity contribution in [3.8, 4) is 5.75 Å². The first kappa shape index (κ1) is 17.3. The van der Waals surface area contributed by atoms with Gasteiger partial charge in [0.1, 0.15) is 5.75 Å². The summed E-state index contributed by atoms with van der Waals surface area (Å²) in [5.41, 5.74) is 0.728. The fourth-order valence-electron chi connectivity index (χ4n) is 1.94. The fraction of sp³-hybridized carbons (Fsp3) is 0.562. The smallest absolute Gasteiger partial charge is 0.314 e. The van der Waals surface area contributed by atoms with Gasteiger partial charge in [0.15, 0.2) is 0 Å². The van der Waals surface area contributed by atoms with Crippen LogP contribution in [0.2, 0.25) is 0 Å². The Morgan fingerprint density at radius 3 is 2.52 bits per heavy atom. The normalized spacial score (nSPS) is 11.2. The van der Waals surface area contributed by atoms with Crippen molar-refractivity contribution in [3.05, 3.63) is 29.8 Å². The topological polar surface area (TPSA) is 81.6 Å². The molecule has 1 rings (SSSR count). The summed E-state index contributed by atoms with van der Waals surface area (Å²) in [6.45, 7) is 5.22. The molecule has 0 spiro atoms. The van der Waals surface area contributed by atoms with Crippen LogP contribution in [0.25, 0.3) is 0 Å². The number of carbonyl (C=O) groups is 1. The average Bonchev–Trinajstić information content (AvgIpc) is 2.46. The zero-order chi connectivity index (χ0) is 15.7. The second kappa shape index (κ2) is 8.52. The minimum absolute atomic E-state index is 0.0943. The Bertz CT molecular complexity index is 447. The molecule has 5 nitrogen and oxygen atoms in total. The van der Waals surface area contributed by atoms with Gasteiger partial charge in [0.25, 0.3) is 0 Å². The van der Waals surface area contributed by atoms with E-state index < -0.39 is 0 Å². The second-order valence-corrected chi connectivity index (χ2v) is 5.99. The van der Waals surface area contributed by atoms with E-state index >= 15 is 0 Å². The number of hydrogen-bond acceptors (Lipinski definition) is 3. The molecular weight excluding hydrogens is 268 g/mol. The molecule has 0 saturated carbocycles. The number of para-hydroxylation sites is 1. The fourth-order valence-corrected chi connectivity index (χ4v) is 1.94. The molecule has 0 aliphatic rings. The van der Waals surface area contributed by atoms with E-state index in [1.807, 2.05) is 26.0 Å². The monoisotopic (exact) mass is 294 g/mol. The van der Waals surface area contributed by atoms with Crippen LogP contribution < -0.4 is 10.6 Å². The summed E-state index contributed by atoms with van der Waals surface area (Å²) in [4.78, 5) is 11.6. The molecule has 1 aromatic carbocycles. The molecule has 0 aromatic heterocycles. The summed E-state index contributed by atoms with van der Waals surface area (Å²) in [6, 6.07) is 6.90. The largest absolute Gasteiger partial charge is 0.508 e. The third-order valence-corrected chi connectivity index (χ3v) is 3.42. The van der Waals surface area contributed by atoms with E-state index in [1.54, 1.807) is 12.1 Å². The predicted octanol–water partition coefficient (Wildman–Crippen LogP) is 2.03. The Hall–Kier alpha value is -1.75. The number of aliphatic hydroxyl groups is 1. The Morgan fingerprint density at radius 2 is 1.86 bits per heavy atom. The maximum atomic E-state index is 11.6. The van der Waals surface area contributed by atoms with E-state index in [1.165, 1.54) is 0 Å². The van der Waals surface area contributed by atoms with Gasteiger partial charge in [-0.3, -0.25) is 0 Å². The van der Waals surface area contributed by atoms with E-state index in [4.69, 9.17) is 5.11 Å². The number of phenols is 1. The summed E-state index contributed by atoms with van der Waals surface area (Å²) in [7, 11) is 0. The molecule has 4 N–H and O–H groups in total. The molecule has 0 aliphatic carbocycles. The maximum absolute atomic E-state index is 11.6. The highest BCUT2D eigenvalue weighted by Gasteiger charge is 2.15. The van der Waals surface area contributed by atoms with Crippen LogP contribution in [0, 0.1) is 5.41 Å². The Morgan fingerprint density at radius 1 is 1.19 bits per heavy atom. The Balaban J connectivity index is 2.13. The molecule has 2 amide bonds. The number of rotatable bonds is 8. The first-order chi connectivity index (χ1) is 9.94. The lowest BCUT2D eigenvalue weighted by Crippen LogP contribution is -2.37. The van der Waals surface area contributed by atoms with Crippen LogP contribution in [0.1, 0.15) is 32.3 Å². The molecule has 0 atom stereocenters. The zero-order valence-electron chi connectivity index (χ0n) is 12.9. The SMILES string of the molecule is CC(C)(CO)CCCNC(=O)NCCc1ccccc1O. The molecule has 21 heavy (non-hydrogen) atoms. The first-order valence-corrected chi connectivity index (χ1v) is 7.34. The van der Waals surface area contributed by atoms with Gasteiger partial charge in [-0.05, 0) is 36.3 Å². The lowest BCUT2D eigenvalue weighted by molar-refractivity contribution is 0.148. The van der Waals surface area contributed by atoms with Crippen molar-refractivity contribution >= 4 is 6.03 Å². The van der Waals surface area contributed by atoms with Gasteiger partial charge in [-0.25, -0.2) is 4.79 Å². The molecule has 1 aromatic rings. The van der Waals surface area contributed by atoms with Crippen LogP contribution in [0.5, 0.6) is 5.75 Å². The number of urea groups is 1. The molecule has 0 fully saturated rings. The van der Waals surface area contributed by atoms with Gasteiger partial charge in [-0.15, -0.1) is 0 Å². The molecule has 0 bridgehead atoms. The zero-order valence-corrected chi connectivity index (χ0v) is 12.9. The van der Waals surface area contributed by atoms with Crippen LogP contribution in [-0.2, 0) is 6.42 Å². The summed E-state index contributed by atoms with van der Waals surface area (Å²) >= 11 is 0. The van der Waals surface area contributed by atoms with Crippen LogP contribution >= 0.6 is 0 Å². The first-order valence-electron chi connectivity index (χ1n) is 7.34. The molecule has 118 valence electrons. The minimum atomic E-state index is -0.202. The highest BCUT2D eigenvalue weighted by atomic mass is 16.3. The van der Waals surface area contributed by atoms with E-state index in [0.717, 1.165) is 18.4 Å². The number of hydrogen-bond donors (Lipinski definition) is 4. The summed E-state index contributed by atoms with van der Waals surface area (Å²) in [5.74, 6) is 0.256. The highest BCUT2D eigenvalue weighted by Crippen LogP contribution is 2.20.